The maximum Gasteiger partial charge on any atom is 0.306 e. The van der Waals surface area contributed by atoms with Crippen LogP contribution in [-0.2, 0) is 47.7 Å². The number of carbonyl (C=O) groups is 5. The van der Waals surface area contributed by atoms with Crippen molar-refractivity contribution in [3.63, 3.8) is 0 Å². The van der Waals surface area contributed by atoms with Crippen LogP contribution in [0.1, 0.15) is 393 Å². The van der Waals surface area contributed by atoms with Crippen LogP contribution in [0.4, 0.5) is 0 Å². The fourth-order valence-corrected chi connectivity index (χ4v) is 11.1. The van der Waals surface area contributed by atoms with Crippen LogP contribution in [0.3, 0.4) is 0 Å². The third-order valence-electron chi connectivity index (χ3n) is 17.0. The van der Waals surface area contributed by atoms with E-state index in [1.54, 1.807) is 0 Å². The highest BCUT2D eigenvalue weighted by Crippen LogP contribution is 2.18. The zero-order chi connectivity index (χ0) is 64.7. The van der Waals surface area contributed by atoms with E-state index >= 15 is 0 Å². The number of hydrogen-bond donors (Lipinski definition) is 1. The predicted molar refractivity (Wildman–Crippen MR) is 372 cm³/mol. The molecule has 0 aliphatic rings. The van der Waals surface area contributed by atoms with Gasteiger partial charge in [-0.25, -0.2) is 0 Å². The van der Waals surface area contributed by atoms with Crippen LogP contribution in [0, 0.1) is 0 Å². The van der Waals surface area contributed by atoms with Crippen molar-refractivity contribution >= 4 is 29.8 Å². The number of allylic oxidation sites excluding steroid dienone is 6. The van der Waals surface area contributed by atoms with Crippen LogP contribution in [0.2, 0.25) is 0 Å². The Hall–Kier alpha value is -3.47. The van der Waals surface area contributed by atoms with Gasteiger partial charge in [-0.1, -0.05) is 288 Å². The Balaban J connectivity index is 4.22. The number of hydrogen-bond acceptors (Lipinski definition) is 11. The van der Waals surface area contributed by atoms with Gasteiger partial charge in [0, 0.05) is 32.1 Å². The minimum absolute atomic E-state index is 0.106. The number of carbonyl (C=O) groups excluding carboxylic acids is 5. The van der Waals surface area contributed by atoms with Crippen LogP contribution >= 0.6 is 0 Å². The lowest BCUT2D eigenvalue weighted by molar-refractivity contribution is -0.167. The first-order chi connectivity index (χ1) is 43.7. The van der Waals surface area contributed by atoms with E-state index in [1.165, 1.54) is 186 Å². The van der Waals surface area contributed by atoms with E-state index in [9.17, 15) is 29.1 Å². The molecule has 0 bridgehead atoms. The fraction of sp³-hybridized carbons (Fsp3) is 0.859. The molecule has 0 aliphatic heterocycles. The van der Waals surface area contributed by atoms with Crippen LogP contribution in [0.25, 0.3) is 0 Å². The number of aliphatic hydroxyl groups is 1. The second-order valence-corrected chi connectivity index (χ2v) is 26.0. The van der Waals surface area contributed by atoms with Gasteiger partial charge in [-0.3, -0.25) is 24.0 Å². The molecule has 0 saturated heterocycles. The summed E-state index contributed by atoms with van der Waals surface area (Å²) in [5.74, 6) is -1.60. The first-order valence-corrected chi connectivity index (χ1v) is 38.2. The maximum absolute atomic E-state index is 13.0. The molecule has 89 heavy (non-hydrogen) atoms. The van der Waals surface area contributed by atoms with Gasteiger partial charge in [-0.05, 0) is 109 Å². The maximum atomic E-state index is 13.0. The Morgan fingerprint density at radius 2 is 0.427 bits per heavy atom. The van der Waals surface area contributed by atoms with E-state index in [1.807, 2.05) is 0 Å². The molecule has 0 aromatic rings. The van der Waals surface area contributed by atoms with E-state index in [0.717, 1.165) is 154 Å². The van der Waals surface area contributed by atoms with E-state index < -0.39 is 12.2 Å². The summed E-state index contributed by atoms with van der Waals surface area (Å²) in [6, 6.07) is 0. The molecule has 520 valence electrons. The van der Waals surface area contributed by atoms with Crippen molar-refractivity contribution in [3.05, 3.63) is 36.5 Å². The van der Waals surface area contributed by atoms with Gasteiger partial charge in [0.1, 0.15) is 32.5 Å². The summed E-state index contributed by atoms with van der Waals surface area (Å²) in [4.78, 5) is 62.7. The smallest absolute Gasteiger partial charge is 0.306 e. The molecule has 1 N–H and O–H groups in total. The summed E-state index contributed by atoms with van der Waals surface area (Å²) in [7, 11) is 0. The van der Waals surface area contributed by atoms with Gasteiger partial charge in [0.05, 0.1) is 0 Å². The minimum atomic E-state index is -1.01. The lowest BCUT2D eigenvalue weighted by atomic mass is 10.0. The van der Waals surface area contributed by atoms with Gasteiger partial charge in [0.2, 0.25) is 0 Å². The first kappa shape index (κ1) is 85.5. The Kier molecular flexibility index (Phi) is 69.2. The van der Waals surface area contributed by atoms with Crippen molar-refractivity contribution in [3.8, 4) is 0 Å². The van der Waals surface area contributed by atoms with Crippen LogP contribution in [-0.4, -0.2) is 73.6 Å². The number of unbranched alkanes of at least 4 members (excludes halogenated alkanes) is 46. The second-order valence-electron chi connectivity index (χ2n) is 26.0. The average Bonchev–Trinajstić information content (AvgIpc) is 3.60. The lowest BCUT2D eigenvalue weighted by Crippen LogP contribution is -2.30. The van der Waals surface area contributed by atoms with Crippen LogP contribution in [0.5, 0.6) is 0 Å². The summed E-state index contributed by atoms with van der Waals surface area (Å²) in [5, 5.41) is 10.2. The molecule has 0 saturated carbocycles. The molecule has 0 spiro atoms. The van der Waals surface area contributed by atoms with Gasteiger partial charge in [-0.15, -0.1) is 0 Å². The highest BCUT2D eigenvalue weighted by molar-refractivity contribution is 5.71. The van der Waals surface area contributed by atoms with Gasteiger partial charge in [0.25, 0.3) is 0 Å². The first-order valence-electron chi connectivity index (χ1n) is 38.2. The van der Waals surface area contributed by atoms with Crippen LogP contribution < -0.4 is 0 Å². The molecular formula is C78H142O11. The molecule has 2 atom stereocenters. The third-order valence-corrected chi connectivity index (χ3v) is 17.0. The largest absolute Gasteiger partial charge is 0.463 e. The van der Waals surface area contributed by atoms with E-state index in [2.05, 4.69) is 57.2 Å². The Bertz CT molecular complexity index is 1640. The zero-order valence-corrected chi connectivity index (χ0v) is 58.5. The van der Waals surface area contributed by atoms with Gasteiger partial charge >= 0.3 is 29.8 Å². The number of esters is 5. The van der Waals surface area contributed by atoms with Crippen molar-refractivity contribution in [2.45, 2.75) is 405 Å². The average molecular weight is 1260 g/mol. The molecule has 0 amide bonds. The molecule has 0 heterocycles. The summed E-state index contributed by atoms with van der Waals surface area (Å²) >= 11 is 0. The van der Waals surface area contributed by atoms with Crippen molar-refractivity contribution in [1.82, 2.24) is 0 Å². The Morgan fingerprint density at radius 1 is 0.247 bits per heavy atom. The predicted octanol–water partition coefficient (Wildman–Crippen LogP) is 22.8. The van der Waals surface area contributed by atoms with Crippen molar-refractivity contribution in [2.24, 2.45) is 0 Å². The minimum Gasteiger partial charge on any atom is -0.463 e. The second kappa shape index (κ2) is 72.0. The number of rotatable bonds is 71. The summed E-state index contributed by atoms with van der Waals surface area (Å²) in [6.07, 6.45) is 75.6. The molecule has 0 aromatic carbocycles. The number of aliphatic hydroxyl groups excluding tert-OH is 1. The van der Waals surface area contributed by atoms with Gasteiger partial charge < -0.3 is 28.8 Å². The van der Waals surface area contributed by atoms with Crippen molar-refractivity contribution in [2.75, 3.05) is 26.4 Å². The monoisotopic (exact) mass is 1260 g/mol. The SMILES string of the molecule is CCCCCCCC/C=C\CCCCCCCC(=O)OCC(O)COC(=O)CCCCCCC/C=C/CCCCCCCC(=O)OC(COC(=O)CCCCCCC/C=C\CCCCCCCC)COC(=O)CCCCCCCCCCCCCCCCC. The van der Waals surface area contributed by atoms with Crippen LogP contribution in [0.15, 0.2) is 36.5 Å². The fourth-order valence-electron chi connectivity index (χ4n) is 11.1. The highest BCUT2D eigenvalue weighted by atomic mass is 16.6. The lowest BCUT2D eigenvalue weighted by Gasteiger charge is -2.18. The van der Waals surface area contributed by atoms with Gasteiger partial charge in [-0.2, -0.15) is 0 Å². The molecule has 0 aromatic heterocycles. The van der Waals surface area contributed by atoms with Gasteiger partial charge in [0.15, 0.2) is 6.10 Å². The molecule has 11 nitrogen and oxygen atoms in total. The standard InChI is InChI=1S/C78H142O11/c1-4-7-10-13-16-19-22-25-28-33-38-43-48-53-58-63-74(80)85-68-72(79)69-86-75(81)64-59-54-49-44-39-36-31-32-37-42-47-52-57-62-67-78(84)89-73(70-87-76(82)65-60-55-50-45-40-34-29-26-23-20-17-14-11-8-5-2)71-88-77(83)66-61-56-51-46-41-35-30-27-24-21-18-15-12-9-6-3/h25-26,28-29,31-32,72-73,79H,4-24,27,30,33-71H2,1-3H3/b28-25-,29-26-,32-31+. The number of ether oxygens (including phenoxy) is 5. The van der Waals surface area contributed by atoms with E-state index in [-0.39, 0.29) is 62.7 Å². The van der Waals surface area contributed by atoms with Crippen molar-refractivity contribution in [1.29, 1.82) is 0 Å². The molecule has 2 unspecified atom stereocenters. The molecular weight excluding hydrogens is 1110 g/mol. The summed E-state index contributed by atoms with van der Waals surface area (Å²) in [5.41, 5.74) is 0. The van der Waals surface area contributed by atoms with Crippen molar-refractivity contribution < 1.29 is 52.8 Å². The highest BCUT2D eigenvalue weighted by Gasteiger charge is 2.20. The molecule has 0 aliphatic carbocycles. The summed E-state index contributed by atoms with van der Waals surface area (Å²) < 4.78 is 27.3. The zero-order valence-electron chi connectivity index (χ0n) is 58.5. The molecule has 0 rings (SSSR count). The third kappa shape index (κ3) is 70.3. The van der Waals surface area contributed by atoms with E-state index in [0.29, 0.717) is 25.7 Å². The molecule has 11 heteroatoms. The topological polar surface area (TPSA) is 152 Å². The normalized spacial score (nSPS) is 12.4. The summed E-state index contributed by atoms with van der Waals surface area (Å²) in [6.45, 7) is 6.25. The van der Waals surface area contributed by atoms with E-state index in [4.69, 9.17) is 23.7 Å². The Labute approximate surface area is 548 Å². The quantitative estimate of drug-likeness (QED) is 0.0268. The Morgan fingerprint density at radius 3 is 0.652 bits per heavy atom. The molecule has 0 fully saturated rings. The molecule has 0 radical (unpaired) electrons.